The van der Waals surface area contributed by atoms with E-state index in [0.29, 0.717) is 6.61 Å². The highest BCUT2D eigenvalue weighted by Crippen LogP contribution is 2.35. The van der Waals surface area contributed by atoms with E-state index in [4.69, 9.17) is 23.8 Å². The van der Waals surface area contributed by atoms with Crippen LogP contribution in [0, 0.1) is 0 Å². The zero-order valence-corrected chi connectivity index (χ0v) is 14.0. The molecule has 2 aliphatic rings. The Morgan fingerprint density at radius 3 is 2.41 bits per heavy atom. The first kappa shape index (κ1) is 17.4. The van der Waals surface area contributed by atoms with Crippen LogP contribution in [0.2, 0.25) is 0 Å². The molecule has 0 aromatic rings. The summed E-state index contributed by atoms with van der Waals surface area (Å²) in [5.74, 6) is -1.66. The maximum absolute atomic E-state index is 11.8. The van der Waals surface area contributed by atoms with Crippen LogP contribution in [0.1, 0.15) is 27.7 Å². The molecular formula is C15H25NO6. The highest BCUT2D eigenvalue weighted by Gasteiger charge is 2.48. The third kappa shape index (κ3) is 4.05. The van der Waals surface area contributed by atoms with Crippen LogP contribution in [0.15, 0.2) is 12.2 Å². The second-order valence-electron chi connectivity index (χ2n) is 6.31. The van der Waals surface area contributed by atoms with Gasteiger partial charge in [0.2, 0.25) is 0 Å². The summed E-state index contributed by atoms with van der Waals surface area (Å²) in [5.41, 5.74) is 0. The Kier molecular flexibility index (Phi) is 4.93. The van der Waals surface area contributed by atoms with E-state index >= 15 is 0 Å². The number of hydroxylamine groups is 2. The number of hydrogen-bond donors (Lipinski definition) is 0. The van der Waals surface area contributed by atoms with Gasteiger partial charge in [0.05, 0.1) is 13.7 Å². The third-order valence-electron chi connectivity index (χ3n) is 3.57. The molecule has 0 radical (unpaired) electrons. The van der Waals surface area contributed by atoms with Gasteiger partial charge in [-0.15, -0.1) is 0 Å². The third-order valence-corrected chi connectivity index (χ3v) is 3.57. The van der Waals surface area contributed by atoms with Crippen molar-refractivity contribution >= 4 is 5.91 Å². The Morgan fingerprint density at radius 1 is 1.18 bits per heavy atom. The molecule has 0 spiro atoms. The smallest absolute Gasteiger partial charge is 0.269 e. The van der Waals surface area contributed by atoms with Crippen molar-refractivity contribution in [1.82, 2.24) is 5.06 Å². The van der Waals surface area contributed by atoms with E-state index < -0.39 is 17.7 Å². The quantitative estimate of drug-likeness (QED) is 0.574. The lowest BCUT2D eigenvalue weighted by Crippen LogP contribution is -2.37. The molecule has 0 aromatic heterocycles. The van der Waals surface area contributed by atoms with Gasteiger partial charge >= 0.3 is 0 Å². The predicted octanol–water partition coefficient (Wildman–Crippen LogP) is 1.23. The summed E-state index contributed by atoms with van der Waals surface area (Å²) in [6.07, 6.45) is 2.10. The number of likely N-dealkylation sites (N-methyl/N-ethyl adjacent to an activating group) is 1. The first-order chi connectivity index (χ1) is 10.1. The zero-order valence-electron chi connectivity index (χ0n) is 14.0. The zero-order chi connectivity index (χ0) is 16.5. The number of rotatable bonds is 4. The molecule has 2 fully saturated rings. The van der Waals surface area contributed by atoms with Crippen molar-refractivity contribution in [3.05, 3.63) is 12.2 Å². The molecule has 7 nitrogen and oxygen atoms in total. The van der Waals surface area contributed by atoms with Crippen LogP contribution < -0.4 is 0 Å². The summed E-state index contributed by atoms with van der Waals surface area (Å²) in [5, 5.41) is 1.13. The molecule has 0 unspecified atom stereocenters. The van der Waals surface area contributed by atoms with Gasteiger partial charge in [-0.05, 0) is 33.8 Å². The van der Waals surface area contributed by atoms with Gasteiger partial charge in [-0.25, -0.2) is 5.06 Å². The summed E-state index contributed by atoms with van der Waals surface area (Å²) < 4.78 is 23.2. The van der Waals surface area contributed by atoms with Crippen molar-refractivity contribution in [1.29, 1.82) is 0 Å². The van der Waals surface area contributed by atoms with Crippen LogP contribution in [0.25, 0.3) is 0 Å². The molecule has 3 atom stereocenters. The Balaban J connectivity index is 2.07. The number of ether oxygens (including phenoxy) is 4. The van der Waals surface area contributed by atoms with E-state index in [9.17, 15) is 4.79 Å². The Hall–Kier alpha value is -0.990. The van der Waals surface area contributed by atoms with Gasteiger partial charge in [0.25, 0.3) is 5.91 Å². The predicted molar refractivity (Wildman–Crippen MR) is 77.6 cm³/mol. The highest BCUT2D eigenvalue weighted by atomic mass is 16.8. The first-order valence-corrected chi connectivity index (χ1v) is 7.31. The van der Waals surface area contributed by atoms with Gasteiger partial charge in [0.1, 0.15) is 18.3 Å². The second kappa shape index (κ2) is 6.25. The summed E-state index contributed by atoms with van der Waals surface area (Å²) >= 11 is 0. The van der Waals surface area contributed by atoms with Gasteiger partial charge in [0.15, 0.2) is 11.6 Å². The van der Waals surface area contributed by atoms with Crippen molar-refractivity contribution in [3.63, 3.8) is 0 Å². The van der Waals surface area contributed by atoms with Crippen LogP contribution in [-0.4, -0.2) is 61.6 Å². The Labute approximate surface area is 131 Å². The summed E-state index contributed by atoms with van der Waals surface area (Å²) in [4.78, 5) is 16.6. The molecule has 1 amide bonds. The minimum atomic E-state index is -0.744. The fraction of sp³-hybridized carbons (Fsp3) is 0.800. The van der Waals surface area contributed by atoms with Crippen LogP contribution in [0.5, 0.6) is 0 Å². The molecule has 0 aliphatic carbocycles. The van der Waals surface area contributed by atoms with Gasteiger partial charge in [-0.3, -0.25) is 9.63 Å². The molecule has 2 heterocycles. The van der Waals surface area contributed by atoms with E-state index in [1.807, 2.05) is 27.7 Å². The summed E-state index contributed by atoms with van der Waals surface area (Å²) in [6.45, 7) is 7.80. The molecule has 7 heteroatoms. The first-order valence-electron chi connectivity index (χ1n) is 7.31. The molecule has 2 rings (SSSR count). The highest BCUT2D eigenvalue weighted by molar-refractivity contribution is 5.86. The van der Waals surface area contributed by atoms with Crippen molar-refractivity contribution in [3.8, 4) is 0 Å². The molecule has 22 heavy (non-hydrogen) atoms. The standard InChI is InChI=1S/C15H25NO6/c1-14(2)19-9-11(21-14)13-10(20-15(3,4)22-13)7-8-12(17)16(5)18-6/h7-8,10-11,13H,9H2,1-6H3/b8-7+/t10-,11-,13+/m1/s1. The minimum Gasteiger partial charge on any atom is -0.348 e. The fourth-order valence-corrected chi connectivity index (χ4v) is 2.50. The summed E-state index contributed by atoms with van der Waals surface area (Å²) in [6, 6.07) is 0. The van der Waals surface area contributed by atoms with Crippen LogP contribution in [0.4, 0.5) is 0 Å². The lowest BCUT2D eigenvalue weighted by atomic mass is 10.1. The molecule has 0 bridgehead atoms. The van der Waals surface area contributed by atoms with Gasteiger partial charge < -0.3 is 18.9 Å². The molecule has 0 N–H and O–H groups in total. The lowest BCUT2D eigenvalue weighted by molar-refractivity contribution is -0.174. The van der Waals surface area contributed by atoms with E-state index in [1.54, 1.807) is 6.08 Å². The number of carbonyl (C=O) groups excluding carboxylic acids is 1. The average molecular weight is 315 g/mol. The SMILES string of the molecule is CON(C)C(=O)/C=C/[C@H]1OC(C)(C)O[C@@H]1[C@H]1COC(C)(C)O1. The van der Waals surface area contributed by atoms with E-state index in [2.05, 4.69) is 0 Å². The van der Waals surface area contributed by atoms with E-state index in [1.165, 1.54) is 20.2 Å². The molecular weight excluding hydrogens is 290 g/mol. The number of amides is 1. The fourth-order valence-electron chi connectivity index (χ4n) is 2.50. The largest absolute Gasteiger partial charge is 0.348 e. The Bertz CT molecular complexity index is 447. The monoisotopic (exact) mass is 315 g/mol. The Morgan fingerprint density at radius 2 is 1.86 bits per heavy atom. The van der Waals surface area contributed by atoms with Crippen LogP contribution in [-0.2, 0) is 28.6 Å². The number of nitrogens with zero attached hydrogens (tertiary/aromatic N) is 1. The second-order valence-corrected chi connectivity index (χ2v) is 6.31. The van der Waals surface area contributed by atoms with Gasteiger partial charge in [-0.2, -0.15) is 0 Å². The maximum atomic E-state index is 11.8. The van der Waals surface area contributed by atoms with Crippen molar-refractivity contribution in [2.45, 2.75) is 57.6 Å². The lowest BCUT2D eigenvalue weighted by Gasteiger charge is -2.22. The van der Waals surface area contributed by atoms with Gasteiger partial charge in [-0.1, -0.05) is 0 Å². The van der Waals surface area contributed by atoms with Crippen LogP contribution in [0.3, 0.4) is 0 Å². The van der Waals surface area contributed by atoms with Crippen LogP contribution >= 0.6 is 0 Å². The average Bonchev–Trinajstić information content (AvgIpc) is 2.94. The number of carbonyl (C=O) groups is 1. The maximum Gasteiger partial charge on any atom is 0.269 e. The molecule has 2 aliphatic heterocycles. The van der Waals surface area contributed by atoms with E-state index in [0.717, 1.165) is 5.06 Å². The van der Waals surface area contributed by atoms with Crippen molar-refractivity contribution in [2.24, 2.45) is 0 Å². The molecule has 0 aromatic carbocycles. The minimum absolute atomic E-state index is 0.248. The van der Waals surface area contributed by atoms with Crippen molar-refractivity contribution in [2.75, 3.05) is 20.8 Å². The van der Waals surface area contributed by atoms with Crippen molar-refractivity contribution < 1.29 is 28.6 Å². The summed E-state index contributed by atoms with van der Waals surface area (Å²) in [7, 11) is 2.97. The topological polar surface area (TPSA) is 66.5 Å². The van der Waals surface area contributed by atoms with E-state index in [-0.39, 0.29) is 18.1 Å². The molecule has 2 saturated heterocycles. The molecule has 126 valence electrons. The number of hydrogen-bond acceptors (Lipinski definition) is 6. The van der Waals surface area contributed by atoms with Gasteiger partial charge in [0, 0.05) is 13.1 Å². The molecule has 0 saturated carbocycles. The normalized spacial score (nSPS) is 33.5.